The highest BCUT2D eigenvalue weighted by molar-refractivity contribution is 9.10. The highest BCUT2D eigenvalue weighted by atomic mass is 79.9. The molecule has 0 saturated carbocycles. The highest BCUT2D eigenvalue weighted by Gasteiger charge is 2.20. The molecule has 0 bridgehead atoms. The smallest absolute Gasteiger partial charge is 0.201 e. The lowest BCUT2D eigenvalue weighted by Crippen LogP contribution is -2.28. The predicted molar refractivity (Wildman–Crippen MR) is 155 cm³/mol. The van der Waals surface area contributed by atoms with E-state index in [1.807, 2.05) is 0 Å². The Bertz CT molecular complexity index is 1610. The zero-order chi connectivity index (χ0) is 24.5. The Hall–Kier alpha value is -4.01. The van der Waals surface area contributed by atoms with Gasteiger partial charge < -0.3 is 0 Å². The summed E-state index contributed by atoms with van der Waals surface area (Å²) in [5.41, 5.74) is 11.0. The molecule has 0 aliphatic carbocycles. The number of aromatic nitrogens is 1. The molecule has 0 saturated heterocycles. The minimum absolute atomic E-state index is 1.08. The molecule has 0 spiro atoms. The maximum absolute atomic E-state index is 3.59. The van der Waals surface area contributed by atoms with Gasteiger partial charge in [-0.25, -0.2) is 4.57 Å². The Morgan fingerprint density at radius 1 is 0.500 bits per heavy atom. The van der Waals surface area contributed by atoms with E-state index in [0.717, 1.165) is 4.47 Å². The molecule has 6 aromatic rings. The second kappa shape index (κ2) is 9.56. The fourth-order valence-electron chi connectivity index (χ4n) is 5.02. The van der Waals surface area contributed by atoms with Gasteiger partial charge in [0.1, 0.15) is 7.05 Å². The first-order chi connectivity index (χ1) is 17.7. The van der Waals surface area contributed by atoms with Crippen LogP contribution in [0, 0.1) is 0 Å². The van der Waals surface area contributed by atoms with E-state index in [2.05, 4.69) is 161 Å². The van der Waals surface area contributed by atoms with Gasteiger partial charge in [-0.15, -0.1) is 0 Å². The standard InChI is InChI=1S/C34H25BrN/c1-36-21-20-30(29-14-8-9-15-33(29)36)34-31(25-10-4-2-5-11-25)22-27(24-16-18-28(35)19-17-24)23-32(34)26-12-6-3-7-13-26/h2-23H,1H3/q+1. The third-order valence-electron chi connectivity index (χ3n) is 6.79. The van der Waals surface area contributed by atoms with Crippen molar-refractivity contribution in [2.45, 2.75) is 0 Å². The van der Waals surface area contributed by atoms with E-state index in [1.54, 1.807) is 0 Å². The maximum atomic E-state index is 3.59. The van der Waals surface area contributed by atoms with Crippen molar-refractivity contribution in [2.24, 2.45) is 7.05 Å². The Morgan fingerprint density at radius 3 is 1.67 bits per heavy atom. The first kappa shape index (κ1) is 22.5. The summed E-state index contributed by atoms with van der Waals surface area (Å²) in [6.07, 6.45) is 2.17. The molecule has 0 fully saturated rings. The zero-order valence-electron chi connectivity index (χ0n) is 20.0. The van der Waals surface area contributed by atoms with E-state index in [1.165, 1.54) is 55.4 Å². The maximum Gasteiger partial charge on any atom is 0.212 e. The van der Waals surface area contributed by atoms with E-state index >= 15 is 0 Å². The topological polar surface area (TPSA) is 3.88 Å². The highest BCUT2D eigenvalue weighted by Crippen LogP contribution is 2.44. The summed E-state index contributed by atoms with van der Waals surface area (Å²) >= 11 is 3.59. The number of hydrogen-bond acceptors (Lipinski definition) is 0. The lowest BCUT2D eigenvalue weighted by atomic mass is 9.84. The van der Waals surface area contributed by atoms with Crippen molar-refractivity contribution in [3.05, 3.63) is 138 Å². The molecule has 1 heterocycles. The fraction of sp³-hybridized carbons (Fsp3) is 0.0294. The average Bonchev–Trinajstić information content (AvgIpc) is 2.94. The number of rotatable bonds is 4. The van der Waals surface area contributed by atoms with Gasteiger partial charge in [0.2, 0.25) is 5.52 Å². The summed E-state index contributed by atoms with van der Waals surface area (Å²) in [6.45, 7) is 0. The molecule has 36 heavy (non-hydrogen) atoms. The van der Waals surface area contributed by atoms with E-state index in [-0.39, 0.29) is 0 Å². The molecular weight excluding hydrogens is 502 g/mol. The van der Waals surface area contributed by atoms with Crippen molar-refractivity contribution in [3.8, 4) is 44.5 Å². The van der Waals surface area contributed by atoms with Crippen molar-refractivity contribution in [3.63, 3.8) is 0 Å². The third kappa shape index (κ3) is 4.14. The average molecular weight is 527 g/mol. The predicted octanol–water partition coefficient (Wildman–Crippen LogP) is 9.09. The van der Waals surface area contributed by atoms with Crippen LogP contribution in [0.2, 0.25) is 0 Å². The normalized spacial score (nSPS) is 11.1. The Morgan fingerprint density at radius 2 is 1.06 bits per heavy atom. The molecule has 1 nitrogen and oxygen atoms in total. The number of hydrogen-bond donors (Lipinski definition) is 0. The monoisotopic (exact) mass is 526 g/mol. The lowest BCUT2D eigenvalue weighted by Gasteiger charge is -2.20. The molecule has 6 rings (SSSR count). The van der Waals surface area contributed by atoms with Gasteiger partial charge in [-0.3, -0.25) is 0 Å². The third-order valence-corrected chi connectivity index (χ3v) is 7.32. The van der Waals surface area contributed by atoms with Crippen LogP contribution in [0.15, 0.2) is 138 Å². The number of fused-ring (bicyclic) bond motifs is 1. The second-order valence-electron chi connectivity index (χ2n) is 9.04. The van der Waals surface area contributed by atoms with Crippen LogP contribution >= 0.6 is 15.9 Å². The van der Waals surface area contributed by atoms with Crippen LogP contribution in [0.25, 0.3) is 55.4 Å². The van der Waals surface area contributed by atoms with Crippen LogP contribution in [0.4, 0.5) is 0 Å². The van der Waals surface area contributed by atoms with Crippen LogP contribution in [-0.2, 0) is 7.05 Å². The summed E-state index contributed by atoms with van der Waals surface area (Å²) in [5.74, 6) is 0. The first-order valence-electron chi connectivity index (χ1n) is 12.1. The van der Waals surface area contributed by atoms with Crippen LogP contribution in [0.5, 0.6) is 0 Å². The van der Waals surface area contributed by atoms with Gasteiger partial charge in [0.05, 0.1) is 5.39 Å². The number of para-hydroxylation sites is 1. The molecule has 0 aliphatic rings. The largest absolute Gasteiger partial charge is 0.212 e. The summed E-state index contributed by atoms with van der Waals surface area (Å²) in [7, 11) is 2.11. The zero-order valence-corrected chi connectivity index (χ0v) is 21.6. The minimum atomic E-state index is 1.08. The Kier molecular flexibility index (Phi) is 5.96. The summed E-state index contributed by atoms with van der Waals surface area (Å²) < 4.78 is 3.28. The van der Waals surface area contributed by atoms with Gasteiger partial charge in [-0.05, 0) is 69.3 Å². The van der Waals surface area contributed by atoms with Gasteiger partial charge in [0.15, 0.2) is 6.20 Å². The van der Waals surface area contributed by atoms with Gasteiger partial charge in [0.25, 0.3) is 0 Å². The van der Waals surface area contributed by atoms with Crippen LogP contribution < -0.4 is 4.57 Å². The molecule has 0 amide bonds. The second-order valence-corrected chi connectivity index (χ2v) is 9.96. The lowest BCUT2D eigenvalue weighted by molar-refractivity contribution is -0.644. The number of aryl methyl sites for hydroxylation is 1. The van der Waals surface area contributed by atoms with E-state index in [4.69, 9.17) is 0 Å². The van der Waals surface area contributed by atoms with Crippen molar-refractivity contribution in [2.75, 3.05) is 0 Å². The molecule has 0 N–H and O–H groups in total. The van der Waals surface area contributed by atoms with Gasteiger partial charge in [-0.1, -0.05) is 101 Å². The summed E-state index contributed by atoms with van der Waals surface area (Å²) in [4.78, 5) is 0. The van der Waals surface area contributed by atoms with Crippen LogP contribution in [0.3, 0.4) is 0 Å². The molecule has 172 valence electrons. The van der Waals surface area contributed by atoms with Crippen molar-refractivity contribution >= 4 is 26.8 Å². The number of benzene rings is 5. The Labute approximate surface area is 220 Å². The number of halogens is 1. The number of nitrogens with zero attached hydrogens (tertiary/aromatic N) is 1. The van der Waals surface area contributed by atoms with Crippen molar-refractivity contribution in [1.82, 2.24) is 0 Å². The molecule has 0 unspecified atom stereocenters. The molecule has 0 atom stereocenters. The van der Waals surface area contributed by atoms with Crippen molar-refractivity contribution < 1.29 is 4.57 Å². The quantitative estimate of drug-likeness (QED) is 0.201. The first-order valence-corrected chi connectivity index (χ1v) is 12.9. The molecule has 1 aromatic heterocycles. The van der Waals surface area contributed by atoms with Gasteiger partial charge in [0, 0.05) is 22.2 Å². The SMILES string of the molecule is C[n+]1ccc(-c2c(-c3ccccc3)cc(-c3ccc(Br)cc3)cc2-c2ccccc2)c2ccccc21. The van der Waals surface area contributed by atoms with E-state index in [0.29, 0.717) is 0 Å². The Balaban J connectivity index is 1.75. The van der Waals surface area contributed by atoms with Gasteiger partial charge in [-0.2, -0.15) is 0 Å². The molecule has 2 heteroatoms. The van der Waals surface area contributed by atoms with Crippen molar-refractivity contribution in [1.29, 1.82) is 0 Å². The summed E-state index contributed by atoms with van der Waals surface area (Å²) in [5, 5.41) is 1.24. The van der Waals surface area contributed by atoms with E-state index < -0.39 is 0 Å². The fourth-order valence-corrected chi connectivity index (χ4v) is 5.28. The van der Waals surface area contributed by atoms with E-state index in [9.17, 15) is 0 Å². The molecule has 0 radical (unpaired) electrons. The summed E-state index contributed by atoms with van der Waals surface area (Å²) in [6, 6.07) is 45.7. The van der Waals surface area contributed by atoms with Crippen LogP contribution in [-0.4, -0.2) is 0 Å². The molecule has 0 aliphatic heterocycles. The molecular formula is C34H25BrN+. The van der Waals surface area contributed by atoms with Crippen LogP contribution in [0.1, 0.15) is 0 Å². The molecule has 5 aromatic carbocycles. The number of pyridine rings is 1. The minimum Gasteiger partial charge on any atom is -0.201 e. The van der Waals surface area contributed by atoms with Gasteiger partial charge >= 0.3 is 0 Å².